The highest BCUT2D eigenvalue weighted by molar-refractivity contribution is 6.04. The molecule has 1 aromatic rings. The van der Waals surface area contributed by atoms with Crippen LogP contribution < -0.4 is 0 Å². The number of carbonyl (C=O) groups excluding carboxylic acids is 1. The van der Waals surface area contributed by atoms with Crippen LogP contribution in [0.2, 0.25) is 0 Å². The first-order chi connectivity index (χ1) is 11.0. The molecule has 0 aromatic heterocycles. The molecule has 2 rings (SSSR count). The molecule has 23 heavy (non-hydrogen) atoms. The molecule has 0 spiro atoms. The van der Waals surface area contributed by atoms with Crippen molar-refractivity contribution in [1.29, 1.82) is 0 Å². The quantitative estimate of drug-likeness (QED) is 0.496. The Morgan fingerprint density at radius 1 is 1.17 bits per heavy atom. The minimum atomic E-state index is -1.62. The molecule has 1 unspecified atom stereocenters. The topological polar surface area (TPSA) is 65.0 Å². The standard InChI is InChI=1S/C18H20O5/c1-21-16-11-13(12-18(20,23-3)17(16)22-2)9-10-15(19)14-7-5-4-6-8-14/h4-11,20H,12H2,1-3H3. The molecular weight excluding hydrogens is 296 g/mol. The molecule has 1 aliphatic carbocycles. The third-order valence-corrected chi connectivity index (χ3v) is 3.61. The van der Waals surface area contributed by atoms with Gasteiger partial charge in [-0.05, 0) is 17.7 Å². The van der Waals surface area contributed by atoms with Crippen LogP contribution in [0.4, 0.5) is 0 Å². The second kappa shape index (κ2) is 7.26. The fourth-order valence-electron chi connectivity index (χ4n) is 2.40. The zero-order chi connectivity index (χ0) is 16.9. The Morgan fingerprint density at radius 2 is 1.87 bits per heavy atom. The summed E-state index contributed by atoms with van der Waals surface area (Å²) in [5.74, 6) is -1.18. The summed E-state index contributed by atoms with van der Waals surface area (Å²) >= 11 is 0. The Hall–Kier alpha value is -2.37. The maximum atomic E-state index is 12.1. The fraction of sp³-hybridized carbons (Fsp3) is 0.278. The van der Waals surface area contributed by atoms with E-state index in [0.29, 0.717) is 16.9 Å². The Labute approximate surface area is 135 Å². The number of rotatable bonds is 6. The van der Waals surface area contributed by atoms with Crippen molar-refractivity contribution in [2.75, 3.05) is 21.3 Å². The minimum absolute atomic E-state index is 0.118. The van der Waals surface area contributed by atoms with Crippen LogP contribution in [-0.2, 0) is 14.2 Å². The molecule has 0 radical (unpaired) electrons. The average molecular weight is 316 g/mol. The van der Waals surface area contributed by atoms with Gasteiger partial charge in [0, 0.05) is 19.1 Å². The maximum absolute atomic E-state index is 12.1. The van der Waals surface area contributed by atoms with E-state index in [1.165, 1.54) is 27.4 Å². The summed E-state index contributed by atoms with van der Waals surface area (Å²) in [6.45, 7) is 0. The monoisotopic (exact) mass is 316 g/mol. The van der Waals surface area contributed by atoms with Crippen molar-refractivity contribution in [2.45, 2.75) is 12.2 Å². The summed E-state index contributed by atoms with van der Waals surface area (Å²) in [4.78, 5) is 12.1. The second-order valence-electron chi connectivity index (χ2n) is 5.05. The van der Waals surface area contributed by atoms with Gasteiger partial charge in [-0.2, -0.15) is 0 Å². The summed E-state index contributed by atoms with van der Waals surface area (Å²) in [5, 5.41) is 10.5. The first-order valence-electron chi connectivity index (χ1n) is 7.12. The van der Waals surface area contributed by atoms with E-state index in [1.807, 2.05) is 6.07 Å². The van der Waals surface area contributed by atoms with Crippen molar-refractivity contribution in [1.82, 2.24) is 0 Å². The predicted octanol–water partition coefficient (Wildman–Crippen LogP) is 2.60. The summed E-state index contributed by atoms with van der Waals surface area (Å²) in [5.41, 5.74) is 1.29. The van der Waals surface area contributed by atoms with Gasteiger partial charge in [0.2, 0.25) is 5.79 Å². The van der Waals surface area contributed by atoms with Gasteiger partial charge in [-0.15, -0.1) is 0 Å². The lowest BCUT2D eigenvalue weighted by molar-refractivity contribution is -0.182. The number of methoxy groups -OCH3 is 3. The van der Waals surface area contributed by atoms with Gasteiger partial charge in [0.1, 0.15) is 0 Å². The van der Waals surface area contributed by atoms with Gasteiger partial charge in [-0.25, -0.2) is 0 Å². The molecule has 0 fully saturated rings. The van der Waals surface area contributed by atoms with E-state index in [0.717, 1.165) is 0 Å². The molecule has 0 heterocycles. The van der Waals surface area contributed by atoms with E-state index in [4.69, 9.17) is 14.2 Å². The molecule has 122 valence electrons. The summed E-state index contributed by atoms with van der Waals surface area (Å²) < 4.78 is 15.6. The molecule has 0 aliphatic heterocycles. The molecule has 5 nitrogen and oxygen atoms in total. The fourth-order valence-corrected chi connectivity index (χ4v) is 2.40. The van der Waals surface area contributed by atoms with Crippen molar-refractivity contribution in [2.24, 2.45) is 0 Å². The smallest absolute Gasteiger partial charge is 0.233 e. The van der Waals surface area contributed by atoms with E-state index in [1.54, 1.807) is 36.4 Å². The number of hydrogen-bond acceptors (Lipinski definition) is 5. The first kappa shape index (κ1) is 17.0. The van der Waals surface area contributed by atoms with Crippen LogP contribution >= 0.6 is 0 Å². The highest BCUT2D eigenvalue weighted by atomic mass is 16.6. The molecule has 0 saturated carbocycles. The zero-order valence-corrected chi connectivity index (χ0v) is 13.4. The van der Waals surface area contributed by atoms with E-state index in [-0.39, 0.29) is 18.0 Å². The maximum Gasteiger partial charge on any atom is 0.233 e. The molecule has 0 saturated heterocycles. The van der Waals surface area contributed by atoms with Crippen LogP contribution in [0.1, 0.15) is 16.8 Å². The lowest BCUT2D eigenvalue weighted by atomic mass is 9.95. The SMILES string of the molecule is COC1=C(OC)C(O)(OC)CC(C=CC(=O)c2ccccc2)=C1. The van der Waals surface area contributed by atoms with Crippen molar-refractivity contribution in [3.8, 4) is 0 Å². The lowest BCUT2D eigenvalue weighted by Crippen LogP contribution is -2.37. The summed E-state index contributed by atoms with van der Waals surface area (Å²) in [7, 11) is 4.29. The van der Waals surface area contributed by atoms with Crippen LogP contribution in [0, 0.1) is 0 Å². The van der Waals surface area contributed by atoms with Gasteiger partial charge < -0.3 is 19.3 Å². The van der Waals surface area contributed by atoms with Crippen LogP contribution in [0.5, 0.6) is 0 Å². The number of ether oxygens (including phenoxy) is 3. The van der Waals surface area contributed by atoms with Gasteiger partial charge in [-0.1, -0.05) is 36.4 Å². The van der Waals surface area contributed by atoms with Gasteiger partial charge >= 0.3 is 0 Å². The Morgan fingerprint density at radius 3 is 2.43 bits per heavy atom. The van der Waals surface area contributed by atoms with Crippen LogP contribution in [0.15, 0.2) is 65.7 Å². The predicted molar refractivity (Wildman–Crippen MR) is 85.6 cm³/mol. The molecule has 0 bridgehead atoms. The van der Waals surface area contributed by atoms with E-state index < -0.39 is 5.79 Å². The van der Waals surface area contributed by atoms with Crippen molar-refractivity contribution in [3.05, 3.63) is 71.2 Å². The van der Waals surface area contributed by atoms with Crippen molar-refractivity contribution < 1.29 is 24.1 Å². The normalized spacial score (nSPS) is 21.3. The van der Waals surface area contributed by atoms with E-state index >= 15 is 0 Å². The molecule has 1 aromatic carbocycles. The van der Waals surface area contributed by atoms with Crippen LogP contribution in [0.25, 0.3) is 0 Å². The van der Waals surface area contributed by atoms with Gasteiger partial charge in [0.15, 0.2) is 17.3 Å². The average Bonchev–Trinajstić information content (AvgIpc) is 2.59. The molecule has 5 heteroatoms. The van der Waals surface area contributed by atoms with Crippen LogP contribution in [0.3, 0.4) is 0 Å². The molecule has 0 amide bonds. The molecule has 1 atom stereocenters. The Balaban J connectivity index is 2.26. The number of aliphatic hydroxyl groups is 1. The summed E-state index contributed by atoms with van der Waals surface area (Å²) in [6.07, 6.45) is 4.96. The summed E-state index contributed by atoms with van der Waals surface area (Å²) in [6, 6.07) is 8.96. The second-order valence-corrected chi connectivity index (χ2v) is 5.05. The van der Waals surface area contributed by atoms with Gasteiger partial charge in [0.05, 0.1) is 14.2 Å². The van der Waals surface area contributed by atoms with Crippen molar-refractivity contribution in [3.63, 3.8) is 0 Å². The number of benzene rings is 1. The lowest BCUT2D eigenvalue weighted by Gasteiger charge is -2.32. The van der Waals surface area contributed by atoms with Gasteiger partial charge in [-0.3, -0.25) is 4.79 Å². The highest BCUT2D eigenvalue weighted by Gasteiger charge is 2.39. The number of carbonyl (C=O) groups is 1. The van der Waals surface area contributed by atoms with Crippen LogP contribution in [-0.4, -0.2) is 38.0 Å². The largest absolute Gasteiger partial charge is 0.493 e. The molecule has 1 aliphatic rings. The third kappa shape index (κ3) is 3.70. The van der Waals surface area contributed by atoms with Gasteiger partial charge in [0.25, 0.3) is 0 Å². The van der Waals surface area contributed by atoms with E-state index in [9.17, 15) is 9.90 Å². The highest BCUT2D eigenvalue weighted by Crippen LogP contribution is 2.35. The third-order valence-electron chi connectivity index (χ3n) is 3.61. The van der Waals surface area contributed by atoms with E-state index in [2.05, 4.69) is 0 Å². The Bertz CT molecular complexity index is 657. The number of allylic oxidation sites excluding steroid dienone is 3. The zero-order valence-electron chi connectivity index (χ0n) is 13.4. The molecular formula is C18H20O5. The first-order valence-corrected chi connectivity index (χ1v) is 7.12. The number of hydrogen-bond donors (Lipinski definition) is 1. The molecule has 1 N–H and O–H groups in total. The Kier molecular flexibility index (Phi) is 5.36. The number of ketones is 1. The van der Waals surface area contributed by atoms with Crippen molar-refractivity contribution >= 4 is 5.78 Å². The minimum Gasteiger partial charge on any atom is -0.493 e.